The van der Waals surface area contributed by atoms with E-state index in [4.69, 9.17) is 10.5 Å². The van der Waals surface area contributed by atoms with Crippen molar-refractivity contribution < 1.29 is 9.53 Å². The zero-order chi connectivity index (χ0) is 14.7. The van der Waals surface area contributed by atoms with E-state index in [0.29, 0.717) is 24.9 Å². The molecule has 114 valence electrons. The minimum absolute atomic E-state index is 0.201. The predicted molar refractivity (Wildman–Crippen MR) is 81.9 cm³/mol. The number of benzene rings is 1. The molecule has 1 aliphatic carbocycles. The smallest absolute Gasteiger partial charge is 0.226 e. The Hall–Kier alpha value is -1.55. The summed E-state index contributed by atoms with van der Waals surface area (Å²) in [4.78, 5) is 14.3. The van der Waals surface area contributed by atoms with E-state index in [1.165, 1.54) is 12.8 Å². The Kier molecular flexibility index (Phi) is 4.44. The summed E-state index contributed by atoms with van der Waals surface area (Å²) in [5, 5.41) is 0. The average Bonchev–Trinajstić information content (AvgIpc) is 2.94. The third kappa shape index (κ3) is 3.38. The normalized spacial score (nSPS) is 28.2. The van der Waals surface area contributed by atoms with Crippen LogP contribution in [0.2, 0.25) is 0 Å². The molecule has 3 unspecified atom stereocenters. The van der Waals surface area contributed by atoms with Crippen LogP contribution in [0.1, 0.15) is 25.7 Å². The summed E-state index contributed by atoms with van der Waals surface area (Å²) < 4.78 is 5.60. The largest absolute Gasteiger partial charge is 0.493 e. The van der Waals surface area contributed by atoms with Gasteiger partial charge in [-0.25, -0.2) is 0 Å². The van der Waals surface area contributed by atoms with Crippen molar-refractivity contribution in [3.63, 3.8) is 0 Å². The van der Waals surface area contributed by atoms with Gasteiger partial charge in [0.1, 0.15) is 5.75 Å². The molecule has 3 atom stereocenters. The van der Waals surface area contributed by atoms with Crippen LogP contribution < -0.4 is 10.5 Å². The van der Waals surface area contributed by atoms with Crippen molar-refractivity contribution in [2.75, 3.05) is 19.7 Å². The zero-order valence-electron chi connectivity index (χ0n) is 12.4. The molecule has 1 aliphatic heterocycles. The van der Waals surface area contributed by atoms with Crippen LogP contribution >= 0.6 is 0 Å². The van der Waals surface area contributed by atoms with Crippen LogP contribution in [0.15, 0.2) is 30.3 Å². The van der Waals surface area contributed by atoms with Crippen molar-refractivity contribution in [3.05, 3.63) is 30.3 Å². The lowest BCUT2D eigenvalue weighted by Gasteiger charge is -2.29. The van der Waals surface area contributed by atoms with Gasteiger partial charge in [0.05, 0.1) is 13.0 Å². The number of rotatable bonds is 4. The number of nitrogens with zero attached hydrogens (tertiary/aromatic N) is 1. The van der Waals surface area contributed by atoms with Gasteiger partial charge in [-0.05, 0) is 36.8 Å². The predicted octanol–water partition coefficient (Wildman–Crippen LogP) is 2.04. The summed E-state index contributed by atoms with van der Waals surface area (Å²) in [5.74, 6) is 2.15. The fraction of sp³-hybridized carbons (Fsp3) is 0.588. The van der Waals surface area contributed by atoms with Gasteiger partial charge < -0.3 is 15.4 Å². The van der Waals surface area contributed by atoms with Crippen LogP contribution in [0, 0.1) is 11.8 Å². The van der Waals surface area contributed by atoms with Gasteiger partial charge in [0.15, 0.2) is 0 Å². The molecule has 1 saturated carbocycles. The van der Waals surface area contributed by atoms with Gasteiger partial charge in [0, 0.05) is 19.1 Å². The van der Waals surface area contributed by atoms with E-state index in [2.05, 4.69) is 0 Å². The Bertz CT molecular complexity index is 477. The second-order valence-electron chi connectivity index (χ2n) is 6.23. The van der Waals surface area contributed by atoms with Crippen molar-refractivity contribution >= 4 is 5.91 Å². The fourth-order valence-electron chi connectivity index (χ4n) is 3.65. The van der Waals surface area contributed by atoms with Crippen molar-refractivity contribution in [1.82, 2.24) is 4.90 Å². The molecular weight excluding hydrogens is 264 g/mol. The monoisotopic (exact) mass is 288 g/mol. The standard InChI is InChI=1S/C17H24N2O2/c18-16-8-4-5-13-11-19(12-15(13)16)17(20)9-10-21-14-6-2-1-3-7-14/h1-3,6-7,13,15-16H,4-5,8-12,18H2. The molecule has 0 spiro atoms. The van der Waals surface area contributed by atoms with Gasteiger partial charge in [-0.3, -0.25) is 4.79 Å². The number of nitrogens with two attached hydrogens (primary N) is 1. The number of carbonyl (C=O) groups excluding carboxylic acids is 1. The number of hydrogen-bond donors (Lipinski definition) is 1. The van der Waals surface area contributed by atoms with E-state index in [-0.39, 0.29) is 11.9 Å². The molecule has 1 saturated heterocycles. The second-order valence-corrected chi connectivity index (χ2v) is 6.23. The topological polar surface area (TPSA) is 55.6 Å². The van der Waals surface area contributed by atoms with Crippen molar-refractivity contribution in [3.8, 4) is 5.75 Å². The first-order valence-corrected chi connectivity index (χ1v) is 7.95. The van der Waals surface area contributed by atoms with Crippen LogP contribution in [0.5, 0.6) is 5.75 Å². The summed E-state index contributed by atoms with van der Waals surface area (Å²) in [7, 11) is 0. The molecule has 4 nitrogen and oxygen atoms in total. The summed E-state index contributed by atoms with van der Waals surface area (Å²) >= 11 is 0. The van der Waals surface area contributed by atoms with Gasteiger partial charge in [-0.15, -0.1) is 0 Å². The summed E-state index contributed by atoms with van der Waals surface area (Å²) in [6.45, 7) is 2.18. The maximum Gasteiger partial charge on any atom is 0.226 e. The molecule has 1 aromatic rings. The van der Waals surface area contributed by atoms with E-state index in [1.54, 1.807) is 0 Å². The SMILES string of the molecule is NC1CCCC2CN(C(=O)CCOc3ccccc3)CC12. The lowest BCUT2D eigenvalue weighted by atomic mass is 9.78. The highest BCUT2D eigenvalue weighted by molar-refractivity contribution is 5.76. The van der Waals surface area contributed by atoms with Crippen LogP contribution in [0.4, 0.5) is 0 Å². The van der Waals surface area contributed by atoms with Crippen LogP contribution in [-0.2, 0) is 4.79 Å². The first-order chi connectivity index (χ1) is 10.2. The highest BCUT2D eigenvalue weighted by atomic mass is 16.5. The van der Waals surface area contributed by atoms with Crippen LogP contribution in [0.3, 0.4) is 0 Å². The molecule has 1 amide bonds. The number of ether oxygens (including phenoxy) is 1. The third-order valence-electron chi connectivity index (χ3n) is 4.83. The van der Waals surface area contributed by atoms with E-state index in [9.17, 15) is 4.79 Å². The van der Waals surface area contributed by atoms with Crippen molar-refractivity contribution in [2.24, 2.45) is 17.6 Å². The minimum atomic E-state index is 0.201. The highest BCUT2D eigenvalue weighted by Crippen LogP contribution is 2.35. The highest BCUT2D eigenvalue weighted by Gasteiger charge is 2.40. The lowest BCUT2D eigenvalue weighted by Crippen LogP contribution is -2.38. The molecule has 4 heteroatoms. The van der Waals surface area contributed by atoms with Crippen molar-refractivity contribution in [1.29, 1.82) is 0 Å². The van der Waals surface area contributed by atoms with Crippen LogP contribution in [0.25, 0.3) is 0 Å². The first kappa shape index (κ1) is 14.4. The number of amides is 1. The maximum atomic E-state index is 12.3. The lowest BCUT2D eigenvalue weighted by molar-refractivity contribution is -0.130. The maximum absolute atomic E-state index is 12.3. The Morgan fingerprint density at radius 3 is 2.81 bits per heavy atom. The second kappa shape index (κ2) is 6.48. The van der Waals surface area contributed by atoms with E-state index in [1.807, 2.05) is 35.2 Å². The Labute approximate surface area is 126 Å². The van der Waals surface area contributed by atoms with Gasteiger partial charge in [-0.1, -0.05) is 24.6 Å². The van der Waals surface area contributed by atoms with Gasteiger partial charge in [-0.2, -0.15) is 0 Å². The summed E-state index contributed by atoms with van der Waals surface area (Å²) in [6, 6.07) is 9.92. The minimum Gasteiger partial charge on any atom is -0.493 e. The quantitative estimate of drug-likeness (QED) is 0.922. The molecule has 2 fully saturated rings. The number of fused-ring (bicyclic) bond motifs is 1. The van der Waals surface area contributed by atoms with Gasteiger partial charge in [0.25, 0.3) is 0 Å². The average molecular weight is 288 g/mol. The van der Waals surface area contributed by atoms with E-state index in [0.717, 1.165) is 25.3 Å². The molecule has 0 radical (unpaired) electrons. The molecule has 1 heterocycles. The van der Waals surface area contributed by atoms with Crippen molar-refractivity contribution in [2.45, 2.75) is 31.7 Å². The molecule has 2 N–H and O–H groups in total. The Morgan fingerprint density at radius 2 is 2.05 bits per heavy atom. The summed E-state index contributed by atoms with van der Waals surface area (Å²) in [5.41, 5.74) is 6.20. The molecular formula is C17H24N2O2. The van der Waals surface area contributed by atoms with Gasteiger partial charge in [0.2, 0.25) is 5.91 Å². The number of carbonyl (C=O) groups is 1. The third-order valence-corrected chi connectivity index (χ3v) is 4.83. The number of para-hydroxylation sites is 1. The first-order valence-electron chi connectivity index (χ1n) is 7.95. The Balaban J connectivity index is 1.46. The fourth-order valence-corrected chi connectivity index (χ4v) is 3.65. The number of hydrogen-bond acceptors (Lipinski definition) is 3. The number of likely N-dealkylation sites (tertiary alicyclic amines) is 1. The van der Waals surface area contributed by atoms with Gasteiger partial charge >= 0.3 is 0 Å². The molecule has 0 aromatic heterocycles. The van der Waals surface area contributed by atoms with Crippen LogP contribution in [-0.4, -0.2) is 36.5 Å². The molecule has 0 bridgehead atoms. The molecule has 3 rings (SSSR count). The molecule has 1 aromatic carbocycles. The Morgan fingerprint density at radius 1 is 1.24 bits per heavy atom. The molecule has 2 aliphatic rings. The zero-order valence-corrected chi connectivity index (χ0v) is 12.4. The van der Waals surface area contributed by atoms with E-state index < -0.39 is 0 Å². The molecule has 21 heavy (non-hydrogen) atoms. The summed E-state index contributed by atoms with van der Waals surface area (Å²) in [6.07, 6.45) is 3.99. The van der Waals surface area contributed by atoms with E-state index >= 15 is 0 Å².